The zero-order valence-corrected chi connectivity index (χ0v) is 11.3. The van der Waals surface area contributed by atoms with Crippen molar-refractivity contribution in [2.75, 3.05) is 27.4 Å². The zero-order chi connectivity index (χ0) is 13.5. The van der Waals surface area contributed by atoms with Gasteiger partial charge in [-0.15, -0.1) is 0 Å². The van der Waals surface area contributed by atoms with Crippen molar-refractivity contribution in [3.63, 3.8) is 0 Å². The fourth-order valence-corrected chi connectivity index (χ4v) is 1.54. The van der Waals surface area contributed by atoms with Gasteiger partial charge in [-0.1, -0.05) is 0 Å². The lowest BCUT2D eigenvalue weighted by Gasteiger charge is -2.16. The second kappa shape index (κ2) is 7.13. The molecule has 1 N–H and O–H groups in total. The molecule has 0 saturated heterocycles. The van der Waals surface area contributed by atoms with E-state index in [-0.39, 0.29) is 18.0 Å². The fourth-order valence-electron chi connectivity index (χ4n) is 1.54. The highest BCUT2D eigenvalue weighted by Gasteiger charge is 2.16. The molecule has 0 atom stereocenters. The molecule has 0 fully saturated rings. The Hall–Kier alpha value is -1.40. The minimum Gasteiger partial charge on any atom is -0.382 e. The van der Waals surface area contributed by atoms with Crippen LogP contribution in [0.5, 0.6) is 0 Å². The van der Waals surface area contributed by atoms with Crippen molar-refractivity contribution in [3.8, 4) is 0 Å². The minimum absolute atomic E-state index is 0.170. The van der Waals surface area contributed by atoms with Gasteiger partial charge in [-0.2, -0.15) is 5.10 Å². The largest absolute Gasteiger partial charge is 0.382 e. The lowest BCUT2D eigenvalue weighted by molar-refractivity contribution is 0.0774. The van der Waals surface area contributed by atoms with Gasteiger partial charge in [0.15, 0.2) is 0 Å². The third kappa shape index (κ3) is 4.12. The van der Waals surface area contributed by atoms with E-state index in [2.05, 4.69) is 10.4 Å². The highest BCUT2D eigenvalue weighted by Crippen LogP contribution is 2.04. The predicted octanol–water partition coefficient (Wildman–Crippen LogP) is 0.855. The number of nitrogens with zero attached hydrogens (tertiary/aromatic N) is 2. The summed E-state index contributed by atoms with van der Waals surface area (Å²) < 4.78 is 11.8. The van der Waals surface area contributed by atoms with E-state index in [0.717, 1.165) is 0 Å². The number of nitrogens with one attached hydrogen (secondary N) is 1. The number of aromatic nitrogens is 2. The molecule has 0 radical (unpaired) electrons. The first kappa shape index (κ1) is 14.7. The molecule has 0 aliphatic carbocycles. The van der Waals surface area contributed by atoms with Crippen molar-refractivity contribution in [2.45, 2.75) is 25.9 Å². The summed E-state index contributed by atoms with van der Waals surface area (Å²) in [5, 5.41) is 7.03. The van der Waals surface area contributed by atoms with Crippen LogP contribution in [0.2, 0.25) is 0 Å². The Kier molecular flexibility index (Phi) is 5.80. The third-order valence-electron chi connectivity index (χ3n) is 2.44. The number of carbonyl (C=O) groups excluding carboxylic acids is 1. The number of methoxy groups -OCH3 is 2. The lowest BCUT2D eigenvalue weighted by atomic mass is 10.3. The van der Waals surface area contributed by atoms with E-state index < -0.39 is 0 Å². The third-order valence-corrected chi connectivity index (χ3v) is 2.44. The molecule has 0 aliphatic rings. The molecular weight excluding hydrogens is 234 g/mol. The smallest absolute Gasteiger partial charge is 0.272 e. The summed E-state index contributed by atoms with van der Waals surface area (Å²) in [6.07, 6.45) is 1.79. The van der Waals surface area contributed by atoms with E-state index in [0.29, 0.717) is 18.9 Å². The Bertz CT molecular complexity index is 370. The first-order valence-electron chi connectivity index (χ1n) is 5.92. The van der Waals surface area contributed by atoms with Gasteiger partial charge in [-0.25, -0.2) is 0 Å². The zero-order valence-electron chi connectivity index (χ0n) is 11.3. The van der Waals surface area contributed by atoms with Crippen LogP contribution in [0.25, 0.3) is 0 Å². The molecule has 0 aromatic carbocycles. The number of carbonyl (C=O) groups is 1. The maximum Gasteiger partial charge on any atom is 0.272 e. The average molecular weight is 255 g/mol. The number of hydrogen-bond donors (Lipinski definition) is 1. The topological polar surface area (TPSA) is 65.4 Å². The quantitative estimate of drug-likeness (QED) is 0.784. The van der Waals surface area contributed by atoms with E-state index in [4.69, 9.17) is 9.47 Å². The molecule has 6 nitrogen and oxygen atoms in total. The molecule has 0 saturated carbocycles. The summed E-state index contributed by atoms with van der Waals surface area (Å²) in [5.41, 5.74) is 0.404. The first-order valence-corrected chi connectivity index (χ1v) is 5.92. The molecule has 0 bridgehead atoms. The van der Waals surface area contributed by atoms with Gasteiger partial charge in [0.1, 0.15) is 5.69 Å². The van der Waals surface area contributed by atoms with Crippen molar-refractivity contribution >= 4 is 5.91 Å². The van der Waals surface area contributed by atoms with Crippen LogP contribution in [0, 0.1) is 0 Å². The molecule has 6 heteroatoms. The Balaban J connectivity index is 2.61. The van der Waals surface area contributed by atoms with Crippen LogP contribution in [-0.4, -0.2) is 49.2 Å². The van der Waals surface area contributed by atoms with Crippen LogP contribution in [0.1, 0.15) is 30.4 Å². The molecule has 1 amide bonds. The maximum absolute atomic E-state index is 11.9. The van der Waals surface area contributed by atoms with Gasteiger partial charge in [0, 0.05) is 26.5 Å². The molecule has 1 aromatic rings. The van der Waals surface area contributed by atoms with Gasteiger partial charge in [0.2, 0.25) is 0 Å². The van der Waals surface area contributed by atoms with Gasteiger partial charge in [0.25, 0.3) is 5.91 Å². The maximum atomic E-state index is 11.9. The summed E-state index contributed by atoms with van der Waals surface area (Å²) in [5.74, 6) is -0.214. The lowest BCUT2D eigenvalue weighted by Crippen LogP contribution is -2.41. The standard InChI is InChI=1S/C12H21N3O3/c1-9(2)15-6-5-11(14-15)12(16)13-10(7-17-3)8-18-4/h5-6,9-10H,7-8H2,1-4H3,(H,13,16). The summed E-state index contributed by atoms with van der Waals surface area (Å²) in [7, 11) is 3.17. The summed E-state index contributed by atoms with van der Waals surface area (Å²) >= 11 is 0. The van der Waals surface area contributed by atoms with E-state index in [1.54, 1.807) is 31.2 Å². The summed E-state index contributed by atoms with van der Waals surface area (Å²) in [6.45, 7) is 4.83. The number of hydrogen-bond acceptors (Lipinski definition) is 4. The van der Waals surface area contributed by atoms with Gasteiger partial charge < -0.3 is 14.8 Å². The Morgan fingerprint density at radius 2 is 2.00 bits per heavy atom. The molecule has 0 spiro atoms. The van der Waals surface area contributed by atoms with Crippen LogP contribution in [0.15, 0.2) is 12.3 Å². The van der Waals surface area contributed by atoms with Crippen LogP contribution >= 0.6 is 0 Å². The van der Waals surface area contributed by atoms with Crippen molar-refractivity contribution in [3.05, 3.63) is 18.0 Å². The van der Waals surface area contributed by atoms with Crippen LogP contribution in [-0.2, 0) is 9.47 Å². The van der Waals surface area contributed by atoms with Crippen LogP contribution in [0.4, 0.5) is 0 Å². The molecule has 102 valence electrons. The Morgan fingerprint density at radius 3 is 2.44 bits per heavy atom. The molecule has 1 heterocycles. The van der Waals surface area contributed by atoms with Crippen molar-refractivity contribution < 1.29 is 14.3 Å². The van der Waals surface area contributed by atoms with Crippen molar-refractivity contribution in [1.82, 2.24) is 15.1 Å². The number of rotatable bonds is 7. The fraction of sp³-hybridized carbons (Fsp3) is 0.667. The van der Waals surface area contributed by atoms with Crippen LogP contribution < -0.4 is 5.32 Å². The van der Waals surface area contributed by atoms with Gasteiger partial charge in [0.05, 0.1) is 19.3 Å². The monoisotopic (exact) mass is 255 g/mol. The molecule has 18 heavy (non-hydrogen) atoms. The Labute approximate surface area is 107 Å². The number of ether oxygens (including phenoxy) is 2. The van der Waals surface area contributed by atoms with E-state index in [1.807, 2.05) is 13.8 Å². The molecule has 0 unspecified atom stereocenters. The second-order valence-corrected chi connectivity index (χ2v) is 4.36. The average Bonchev–Trinajstić information content (AvgIpc) is 2.79. The normalized spacial score (nSPS) is 11.2. The van der Waals surface area contributed by atoms with Gasteiger partial charge in [-0.05, 0) is 19.9 Å². The van der Waals surface area contributed by atoms with E-state index in [1.165, 1.54) is 0 Å². The summed E-state index contributed by atoms with van der Waals surface area (Å²) in [4.78, 5) is 11.9. The molecular formula is C12H21N3O3. The van der Waals surface area contributed by atoms with E-state index in [9.17, 15) is 4.79 Å². The number of amides is 1. The predicted molar refractivity (Wildman–Crippen MR) is 67.6 cm³/mol. The summed E-state index contributed by atoms with van der Waals surface area (Å²) in [6, 6.07) is 1.77. The van der Waals surface area contributed by atoms with Crippen LogP contribution in [0.3, 0.4) is 0 Å². The van der Waals surface area contributed by atoms with Crippen molar-refractivity contribution in [1.29, 1.82) is 0 Å². The SMILES string of the molecule is COCC(COC)NC(=O)c1ccn(C(C)C)n1. The minimum atomic E-state index is -0.214. The highest BCUT2D eigenvalue weighted by molar-refractivity contribution is 5.92. The molecule has 1 aromatic heterocycles. The first-order chi connectivity index (χ1) is 8.58. The van der Waals surface area contributed by atoms with Gasteiger partial charge in [-0.3, -0.25) is 9.48 Å². The van der Waals surface area contributed by atoms with E-state index >= 15 is 0 Å². The Morgan fingerprint density at radius 1 is 1.39 bits per heavy atom. The highest BCUT2D eigenvalue weighted by atomic mass is 16.5. The van der Waals surface area contributed by atoms with Gasteiger partial charge >= 0.3 is 0 Å². The molecule has 1 rings (SSSR count). The second-order valence-electron chi connectivity index (χ2n) is 4.36. The molecule has 0 aliphatic heterocycles. The van der Waals surface area contributed by atoms with Crippen molar-refractivity contribution in [2.24, 2.45) is 0 Å².